The second-order valence-corrected chi connectivity index (χ2v) is 2.41. The number of hydrogen-bond donors (Lipinski definition) is 0. The minimum Gasteiger partial charge on any atom is -0.303 e. The van der Waals surface area contributed by atoms with E-state index in [1.54, 1.807) is 0 Å². The third-order valence-corrected chi connectivity index (χ3v) is 1.53. The van der Waals surface area contributed by atoms with E-state index < -0.39 is 18.3 Å². The van der Waals surface area contributed by atoms with Gasteiger partial charge in [-0.3, -0.25) is 0 Å². The number of alkyl halides is 2. The SMILES string of the molecule is O=CCC(F)(F)C1CC1. The molecular weight excluding hydrogens is 126 g/mol. The molecule has 0 aromatic heterocycles. The summed E-state index contributed by atoms with van der Waals surface area (Å²) in [4.78, 5) is 9.67. The maximum Gasteiger partial charge on any atom is 0.257 e. The second kappa shape index (κ2) is 2.05. The zero-order chi connectivity index (χ0) is 6.91. The van der Waals surface area contributed by atoms with Crippen LogP contribution in [0.5, 0.6) is 0 Å². The Kier molecular flexibility index (Phi) is 1.51. The molecule has 1 saturated carbocycles. The van der Waals surface area contributed by atoms with E-state index in [0.717, 1.165) is 0 Å². The smallest absolute Gasteiger partial charge is 0.257 e. The van der Waals surface area contributed by atoms with Crippen molar-refractivity contribution in [3.05, 3.63) is 0 Å². The average molecular weight is 134 g/mol. The third kappa shape index (κ3) is 1.47. The van der Waals surface area contributed by atoms with Crippen molar-refractivity contribution in [2.75, 3.05) is 0 Å². The summed E-state index contributed by atoms with van der Waals surface area (Å²) in [5.74, 6) is -3.20. The molecule has 1 aliphatic rings. The first-order valence-corrected chi connectivity index (χ1v) is 2.98. The van der Waals surface area contributed by atoms with Crippen molar-refractivity contribution in [2.45, 2.75) is 25.2 Å². The van der Waals surface area contributed by atoms with Crippen molar-refractivity contribution in [1.82, 2.24) is 0 Å². The van der Waals surface area contributed by atoms with Crippen LogP contribution in [0.25, 0.3) is 0 Å². The van der Waals surface area contributed by atoms with Crippen LogP contribution in [0.4, 0.5) is 8.78 Å². The number of aldehydes is 1. The lowest BCUT2D eigenvalue weighted by Crippen LogP contribution is -2.18. The molecule has 1 fully saturated rings. The van der Waals surface area contributed by atoms with Gasteiger partial charge in [-0.2, -0.15) is 0 Å². The highest BCUT2D eigenvalue weighted by Crippen LogP contribution is 2.44. The van der Waals surface area contributed by atoms with E-state index in [1.165, 1.54) is 0 Å². The molecule has 0 bridgehead atoms. The highest BCUT2D eigenvalue weighted by atomic mass is 19.3. The van der Waals surface area contributed by atoms with E-state index in [0.29, 0.717) is 19.1 Å². The average Bonchev–Trinajstić information content (AvgIpc) is 2.41. The molecule has 0 radical (unpaired) electrons. The molecule has 0 saturated heterocycles. The van der Waals surface area contributed by atoms with Crippen LogP contribution in [0.3, 0.4) is 0 Å². The van der Waals surface area contributed by atoms with E-state index in [-0.39, 0.29) is 0 Å². The van der Waals surface area contributed by atoms with Crippen LogP contribution in [0, 0.1) is 5.92 Å². The van der Waals surface area contributed by atoms with E-state index in [2.05, 4.69) is 0 Å². The van der Waals surface area contributed by atoms with Gasteiger partial charge in [0.1, 0.15) is 6.29 Å². The fourth-order valence-corrected chi connectivity index (χ4v) is 0.783. The maximum absolute atomic E-state index is 12.4. The van der Waals surface area contributed by atoms with Crippen molar-refractivity contribution < 1.29 is 13.6 Å². The van der Waals surface area contributed by atoms with Gasteiger partial charge in [0.05, 0.1) is 6.42 Å². The lowest BCUT2D eigenvalue weighted by atomic mass is 10.2. The Balaban J connectivity index is 2.38. The first kappa shape index (κ1) is 6.65. The summed E-state index contributed by atoms with van der Waals surface area (Å²) < 4.78 is 24.8. The predicted molar refractivity (Wildman–Crippen MR) is 28.4 cm³/mol. The zero-order valence-electron chi connectivity index (χ0n) is 4.94. The highest BCUT2D eigenvalue weighted by molar-refractivity contribution is 5.51. The fraction of sp³-hybridized carbons (Fsp3) is 0.833. The molecule has 0 aromatic rings. The Morgan fingerprint density at radius 1 is 1.56 bits per heavy atom. The molecule has 1 nitrogen and oxygen atoms in total. The summed E-state index contributed by atoms with van der Waals surface area (Å²) in [5.41, 5.74) is 0. The molecular formula is C6H8F2O. The summed E-state index contributed by atoms with van der Waals surface area (Å²) in [5, 5.41) is 0. The molecule has 1 rings (SSSR count). The van der Waals surface area contributed by atoms with Crippen LogP contribution in [0.15, 0.2) is 0 Å². The molecule has 0 heterocycles. The topological polar surface area (TPSA) is 17.1 Å². The van der Waals surface area contributed by atoms with Gasteiger partial charge in [0.15, 0.2) is 0 Å². The lowest BCUT2D eigenvalue weighted by Gasteiger charge is -2.09. The maximum atomic E-state index is 12.4. The number of hydrogen-bond acceptors (Lipinski definition) is 1. The molecule has 0 aliphatic heterocycles. The van der Waals surface area contributed by atoms with Crippen molar-refractivity contribution in [2.24, 2.45) is 5.92 Å². The highest BCUT2D eigenvalue weighted by Gasteiger charge is 2.45. The summed E-state index contributed by atoms with van der Waals surface area (Å²) in [6.45, 7) is 0. The minimum absolute atomic E-state index is 0.290. The summed E-state index contributed by atoms with van der Waals surface area (Å²) in [6.07, 6.45) is 0.859. The van der Waals surface area contributed by atoms with Gasteiger partial charge in [0, 0.05) is 5.92 Å². The van der Waals surface area contributed by atoms with Crippen molar-refractivity contribution >= 4 is 6.29 Å². The Bertz CT molecular complexity index is 118. The summed E-state index contributed by atoms with van der Waals surface area (Å²) >= 11 is 0. The molecule has 0 unspecified atom stereocenters. The third-order valence-electron chi connectivity index (χ3n) is 1.53. The standard InChI is InChI=1S/C6H8F2O/c7-6(8,3-4-9)5-1-2-5/h4-5H,1-3H2. The summed E-state index contributed by atoms with van der Waals surface area (Å²) in [6, 6.07) is 0. The second-order valence-electron chi connectivity index (χ2n) is 2.41. The van der Waals surface area contributed by atoms with E-state index in [1.807, 2.05) is 0 Å². The Morgan fingerprint density at radius 2 is 2.11 bits per heavy atom. The van der Waals surface area contributed by atoms with Gasteiger partial charge < -0.3 is 4.79 Å². The Labute approximate surface area is 52.1 Å². The van der Waals surface area contributed by atoms with Crippen LogP contribution in [-0.2, 0) is 4.79 Å². The molecule has 0 amide bonds. The largest absolute Gasteiger partial charge is 0.303 e. The first-order chi connectivity index (χ1) is 4.17. The van der Waals surface area contributed by atoms with Gasteiger partial charge in [-0.15, -0.1) is 0 Å². The molecule has 0 N–H and O–H groups in total. The first-order valence-electron chi connectivity index (χ1n) is 2.98. The minimum atomic E-state index is -2.71. The number of rotatable bonds is 3. The monoisotopic (exact) mass is 134 g/mol. The Morgan fingerprint density at radius 3 is 2.44 bits per heavy atom. The molecule has 52 valence electrons. The van der Waals surface area contributed by atoms with Crippen molar-refractivity contribution in [1.29, 1.82) is 0 Å². The van der Waals surface area contributed by atoms with Crippen LogP contribution in [-0.4, -0.2) is 12.2 Å². The quantitative estimate of drug-likeness (QED) is 0.536. The van der Waals surface area contributed by atoms with Crippen LogP contribution < -0.4 is 0 Å². The van der Waals surface area contributed by atoms with Crippen molar-refractivity contribution in [3.63, 3.8) is 0 Å². The van der Waals surface area contributed by atoms with E-state index in [9.17, 15) is 13.6 Å². The number of halogens is 2. The van der Waals surface area contributed by atoms with Gasteiger partial charge in [0.2, 0.25) is 0 Å². The number of carbonyl (C=O) groups is 1. The van der Waals surface area contributed by atoms with Gasteiger partial charge in [-0.1, -0.05) is 0 Å². The normalized spacial score (nSPS) is 19.8. The van der Waals surface area contributed by atoms with E-state index >= 15 is 0 Å². The molecule has 9 heavy (non-hydrogen) atoms. The van der Waals surface area contributed by atoms with Crippen LogP contribution >= 0.6 is 0 Å². The molecule has 0 aromatic carbocycles. The number of carbonyl (C=O) groups excluding carboxylic acids is 1. The molecule has 0 atom stereocenters. The molecule has 3 heteroatoms. The molecule has 0 spiro atoms. The van der Waals surface area contributed by atoms with Crippen LogP contribution in [0.2, 0.25) is 0 Å². The van der Waals surface area contributed by atoms with Crippen molar-refractivity contribution in [3.8, 4) is 0 Å². The van der Waals surface area contributed by atoms with Gasteiger partial charge >= 0.3 is 0 Å². The van der Waals surface area contributed by atoms with E-state index in [4.69, 9.17) is 0 Å². The van der Waals surface area contributed by atoms with Crippen LogP contribution in [0.1, 0.15) is 19.3 Å². The zero-order valence-corrected chi connectivity index (χ0v) is 4.94. The van der Waals surface area contributed by atoms with Gasteiger partial charge in [-0.25, -0.2) is 8.78 Å². The predicted octanol–water partition coefficient (Wildman–Crippen LogP) is 1.62. The Hall–Kier alpha value is -0.470. The van der Waals surface area contributed by atoms with Gasteiger partial charge in [-0.05, 0) is 12.8 Å². The fourth-order valence-electron chi connectivity index (χ4n) is 0.783. The molecule has 1 aliphatic carbocycles. The van der Waals surface area contributed by atoms with Gasteiger partial charge in [0.25, 0.3) is 5.92 Å². The lowest BCUT2D eigenvalue weighted by molar-refractivity contribution is -0.116. The summed E-state index contributed by atoms with van der Waals surface area (Å²) in [7, 11) is 0.